The van der Waals surface area contributed by atoms with E-state index in [-0.39, 0.29) is 12.6 Å². The smallest absolute Gasteiger partial charge is 0.338 e. The number of hydrogen-bond donors (Lipinski definition) is 0. The van der Waals surface area contributed by atoms with Crippen molar-refractivity contribution < 1.29 is 14.3 Å². The lowest BCUT2D eigenvalue weighted by atomic mass is 10.1. The average Bonchev–Trinajstić information content (AvgIpc) is 2.59. The molecule has 3 rings (SSSR count). The van der Waals surface area contributed by atoms with Crippen LogP contribution in [-0.4, -0.2) is 13.1 Å². The van der Waals surface area contributed by atoms with Gasteiger partial charge in [-0.1, -0.05) is 42.5 Å². The highest BCUT2D eigenvalue weighted by atomic mass is 16.5. The van der Waals surface area contributed by atoms with Gasteiger partial charge in [-0.05, 0) is 40.6 Å². The van der Waals surface area contributed by atoms with Crippen LogP contribution in [0.25, 0.3) is 10.8 Å². The van der Waals surface area contributed by atoms with Gasteiger partial charge in [-0.2, -0.15) is 0 Å². The van der Waals surface area contributed by atoms with E-state index in [1.807, 2.05) is 42.5 Å². The van der Waals surface area contributed by atoms with Crippen molar-refractivity contribution in [2.45, 2.75) is 6.61 Å². The molecule has 0 unspecified atom stereocenters. The average molecular weight is 292 g/mol. The lowest BCUT2D eigenvalue weighted by Crippen LogP contribution is -2.05. The van der Waals surface area contributed by atoms with E-state index in [2.05, 4.69) is 0 Å². The number of carbonyl (C=O) groups excluding carboxylic acids is 1. The summed E-state index contributed by atoms with van der Waals surface area (Å²) in [5.41, 5.74) is 1.51. The van der Waals surface area contributed by atoms with Gasteiger partial charge >= 0.3 is 5.97 Å². The molecule has 3 aromatic carbocycles. The van der Waals surface area contributed by atoms with Gasteiger partial charge in [0.1, 0.15) is 12.4 Å². The second kappa shape index (κ2) is 6.31. The van der Waals surface area contributed by atoms with Crippen LogP contribution in [0.4, 0.5) is 0 Å². The minimum absolute atomic E-state index is 0.256. The summed E-state index contributed by atoms with van der Waals surface area (Å²) in [6, 6.07) is 20.9. The SMILES string of the molecule is COc1ccc(C(=O)OCc2cccc3ccccc23)cc1. The maximum absolute atomic E-state index is 12.1. The Kier molecular flexibility index (Phi) is 4.05. The standard InChI is InChI=1S/C19H16O3/c1-21-17-11-9-15(10-12-17)19(20)22-13-16-7-4-6-14-5-2-3-8-18(14)16/h2-12H,13H2,1H3. The minimum atomic E-state index is -0.337. The third-order valence-electron chi connectivity index (χ3n) is 3.56. The number of hydrogen-bond acceptors (Lipinski definition) is 3. The Labute approximate surface area is 129 Å². The molecular formula is C19H16O3. The molecule has 3 aromatic rings. The molecule has 0 spiro atoms. The fourth-order valence-corrected chi connectivity index (χ4v) is 2.37. The Bertz CT molecular complexity index is 786. The van der Waals surface area contributed by atoms with E-state index in [0.29, 0.717) is 11.3 Å². The largest absolute Gasteiger partial charge is 0.497 e. The third kappa shape index (κ3) is 2.93. The Morgan fingerprint density at radius 3 is 2.41 bits per heavy atom. The van der Waals surface area contributed by atoms with Crippen LogP contribution in [0.5, 0.6) is 5.75 Å². The topological polar surface area (TPSA) is 35.5 Å². The fourth-order valence-electron chi connectivity index (χ4n) is 2.37. The summed E-state index contributed by atoms with van der Waals surface area (Å²) in [5.74, 6) is 0.376. The summed E-state index contributed by atoms with van der Waals surface area (Å²) in [7, 11) is 1.59. The maximum atomic E-state index is 12.1. The number of rotatable bonds is 4. The number of ether oxygens (including phenoxy) is 2. The van der Waals surface area contributed by atoms with Crippen molar-refractivity contribution in [3.05, 3.63) is 77.9 Å². The van der Waals surface area contributed by atoms with Crippen molar-refractivity contribution in [2.24, 2.45) is 0 Å². The van der Waals surface area contributed by atoms with Gasteiger partial charge < -0.3 is 9.47 Å². The number of fused-ring (bicyclic) bond motifs is 1. The van der Waals surface area contributed by atoms with Crippen LogP contribution >= 0.6 is 0 Å². The first-order chi connectivity index (χ1) is 10.8. The van der Waals surface area contributed by atoms with E-state index >= 15 is 0 Å². The molecule has 0 radical (unpaired) electrons. The normalized spacial score (nSPS) is 10.4. The Morgan fingerprint density at radius 1 is 0.909 bits per heavy atom. The van der Waals surface area contributed by atoms with E-state index in [1.54, 1.807) is 31.4 Å². The second-order valence-corrected chi connectivity index (χ2v) is 4.94. The molecule has 110 valence electrons. The lowest BCUT2D eigenvalue weighted by molar-refractivity contribution is 0.0474. The Morgan fingerprint density at radius 2 is 1.64 bits per heavy atom. The monoisotopic (exact) mass is 292 g/mol. The van der Waals surface area contributed by atoms with Crippen molar-refractivity contribution in [2.75, 3.05) is 7.11 Å². The molecule has 0 saturated heterocycles. The van der Waals surface area contributed by atoms with E-state index in [9.17, 15) is 4.79 Å². The molecule has 0 aromatic heterocycles. The highest BCUT2D eigenvalue weighted by Crippen LogP contribution is 2.20. The molecule has 0 aliphatic heterocycles. The van der Waals surface area contributed by atoms with Crippen LogP contribution in [0.1, 0.15) is 15.9 Å². The summed E-state index contributed by atoms with van der Waals surface area (Å²) in [5, 5.41) is 2.24. The van der Waals surface area contributed by atoms with Crippen molar-refractivity contribution >= 4 is 16.7 Å². The van der Waals surface area contributed by atoms with Gasteiger partial charge in [0.2, 0.25) is 0 Å². The number of benzene rings is 3. The maximum Gasteiger partial charge on any atom is 0.338 e. The van der Waals surface area contributed by atoms with Gasteiger partial charge in [0.25, 0.3) is 0 Å². The van der Waals surface area contributed by atoms with Crippen LogP contribution in [-0.2, 0) is 11.3 Å². The molecule has 0 amide bonds. The number of esters is 1. The third-order valence-corrected chi connectivity index (χ3v) is 3.56. The molecule has 0 bridgehead atoms. The van der Waals surface area contributed by atoms with E-state index < -0.39 is 0 Å². The van der Waals surface area contributed by atoms with Crippen LogP contribution in [0.15, 0.2) is 66.7 Å². The van der Waals surface area contributed by atoms with E-state index in [4.69, 9.17) is 9.47 Å². The summed E-state index contributed by atoms with van der Waals surface area (Å²) in [6.45, 7) is 0.256. The minimum Gasteiger partial charge on any atom is -0.497 e. The summed E-state index contributed by atoms with van der Waals surface area (Å²) >= 11 is 0. The molecule has 0 heterocycles. The molecule has 22 heavy (non-hydrogen) atoms. The van der Waals surface area contributed by atoms with Gasteiger partial charge in [0.05, 0.1) is 12.7 Å². The molecule has 0 aliphatic carbocycles. The first-order valence-corrected chi connectivity index (χ1v) is 7.06. The van der Waals surface area contributed by atoms with Crippen LogP contribution in [0.3, 0.4) is 0 Å². The van der Waals surface area contributed by atoms with E-state index in [0.717, 1.165) is 16.3 Å². The highest BCUT2D eigenvalue weighted by Gasteiger charge is 2.08. The predicted octanol–water partition coefficient (Wildman–Crippen LogP) is 4.21. The van der Waals surface area contributed by atoms with Gasteiger partial charge in [-0.15, -0.1) is 0 Å². The van der Waals surface area contributed by atoms with E-state index in [1.165, 1.54) is 0 Å². The fraction of sp³-hybridized carbons (Fsp3) is 0.105. The van der Waals surface area contributed by atoms with Crippen LogP contribution < -0.4 is 4.74 Å². The Balaban J connectivity index is 1.74. The first-order valence-electron chi connectivity index (χ1n) is 7.06. The summed E-state index contributed by atoms with van der Waals surface area (Å²) < 4.78 is 10.5. The van der Waals surface area contributed by atoms with Gasteiger partial charge in [-0.25, -0.2) is 4.79 Å². The molecule has 0 fully saturated rings. The zero-order chi connectivity index (χ0) is 15.4. The molecule has 3 heteroatoms. The molecule has 0 aliphatic rings. The van der Waals surface area contributed by atoms with Crippen molar-refractivity contribution in [3.8, 4) is 5.75 Å². The predicted molar refractivity (Wildman–Crippen MR) is 86.1 cm³/mol. The first kappa shape index (κ1) is 14.1. The van der Waals surface area contributed by atoms with Crippen molar-refractivity contribution in [1.82, 2.24) is 0 Å². The van der Waals surface area contributed by atoms with Crippen molar-refractivity contribution in [3.63, 3.8) is 0 Å². The molecule has 0 N–H and O–H groups in total. The zero-order valence-electron chi connectivity index (χ0n) is 12.3. The van der Waals surface area contributed by atoms with Gasteiger partial charge in [0.15, 0.2) is 0 Å². The summed E-state index contributed by atoms with van der Waals surface area (Å²) in [4.78, 5) is 12.1. The molecule has 0 saturated carbocycles. The van der Waals surface area contributed by atoms with Crippen molar-refractivity contribution in [1.29, 1.82) is 0 Å². The van der Waals surface area contributed by atoms with Gasteiger partial charge in [0, 0.05) is 0 Å². The van der Waals surface area contributed by atoms with Crippen LogP contribution in [0, 0.1) is 0 Å². The Hall–Kier alpha value is -2.81. The molecular weight excluding hydrogens is 276 g/mol. The number of methoxy groups -OCH3 is 1. The second-order valence-electron chi connectivity index (χ2n) is 4.94. The summed E-state index contributed by atoms with van der Waals surface area (Å²) in [6.07, 6.45) is 0. The van der Waals surface area contributed by atoms with Gasteiger partial charge in [-0.3, -0.25) is 0 Å². The van der Waals surface area contributed by atoms with Crippen LogP contribution in [0.2, 0.25) is 0 Å². The number of carbonyl (C=O) groups is 1. The lowest BCUT2D eigenvalue weighted by Gasteiger charge is -2.08. The quantitative estimate of drug-likeness (QED) is 0.676. The molecule has 0 atom stereocenters. The highest BCUT2D eigenvalue weighted by molar-refractivity contribution is 5.90. The molecule has 3 nitrogen and oxygen atoms in total. The zero-order valence-corrected chi connectivity index (χ0v) is 12.3.